The molecule has 114 valence electrons. The van der Waals surface area contributed by atoms with Gasteiger partial charge in [-0.1, -0.05) is 36.4 Å². The van der Waals surface area contributed by atoms with Crippen LogP contribution in [0.2, 0.25) is 0 Å². The van der Waals surface area contributed by atoms with Crippen LogP contribution >= 0.6 is 0 Å². The average molecular weight is 303 g/mol. The van der Waals surface area contributed by atoms with Gasteiger partial charge in [-0.15, -0.1) is 0 Å². The molecule has 4 heteroatoms. The number of nitrogens with one attached hydrogen (secondary N) is 2. The molecule has 1 heterocycles. The van der Waals surface area contributed by atoms with Gasteiger partial charge in [0.25, 0.3) is 0 Å². The Morgan fingerprint density at radius 1 is 1.26 bits per heavy atom. The van der Waals surface area contributed by atoms with Crippen LogP contribution in [0.25, 0.3) is 17.0 Å². The summed E-state index contributed by atoms with van der Waals surface area (Å²) in [5.41, 5.74) is 4.53. The lowest BCUT2D eigenvalue weighted by atomic mass is 10.1. The number of fused-ring (bicyclic) bond motifs is 2. The first-order chi connectivity index (χ1) is 11.3. The summed E-state index contributed by atoms with van der Waals surface area (Å²) in [4.78, 5) is 12.2. The zero-order chi connectivity index (χ0) is 15.6. The first kappa shape index (κ1) is 13.8. The first-order valence-corrected chi connectivity index (χ1v) is 7.79. The second kappa shape index (κ2) is 5.72. The Balaban J connectivity index is 1.46. The summed E-state index contributed by atoms with van der Waals surface area (Å²) in [6.07, 6.45) is 7.21. The van der Waals surface area contributed by atoms with E-state index in [1.807, 2.05) is 30.3 Å². The van der Waals surface area contributed by atoms with Gasteiger partial charge in [0.2, 0.25) is 5.91 Å². The third-order valence-corrected chi connectivity index (χ3v) is 4.34. The van der Waals surface area contributed by atoms with Crippen LogP contribution in [0.1, 0.15) is 29.2 Å². The van der Waals surface area contributed by atoms with E-state index in [1.165, 1.54) is 11.1 Å². The zero-order valence-corrected chi connectivity index (χ0v) is 12.6. The van der Waals surface area contributed by atoms with Gasteiger partial charge in [-0.25, -0.2) is 0 Å². The Kier molecular flexibility index (Phi) is 3.42. The lowest BCUT2D eigenvalue weighted by Crippen LogP contribution is -2.25. The Labute approximate surface area is 134 Å². The normalized spacial score (nSPS) is 16.8. The largest absolute Gasteiger partial charge is 0.346 e. The van der Waals surface area contributed by atoms with Crippen molar-refractivity contribution in [3.8, 4) is 0 Å². The molecule has 4 nitrogen and oxygen atoms in total. The first-order valence-electron chi connectivity index (χ1n) is 7.79. The monoisotopic (exact) mass is 303 g/mol. The predicted molar refractivity (Wildman–Crippen MR) is 90.8 cm³/mol. The molecular formula is C19H17N3O. The molecular weight excluding hydrogens is 286 g/mol. The molecule has 3 aromatic rings. The number of amides is 1. The maximum Gasteiger partial charge on any atom is 0.244 e. The quantitative estimate of drug-likeness (QED) is 0.729. The number of carbonyl (C=O) groups excluding carboxylic acids is 1. The van der Waals surface area contributed by atoms with Crippen LogP contribution in [-0.2, 0) is 11.2 Å². The molecule has 1 aromatic heterocycles. The van der Waals surface area contributed by atoms with Gasteiger partial charge in [-0.3, -0.25) is 9.89 Å². The predicted octanol–water partition coefficient (Wildman–Crippen LogP) is 3.38. The summed E-state index contributed by atoms with van der Waals surface area (Å²) in [7, 11) is 0. The van der Waals surface area contributed by atoms with Gasteiger partial charge in [0, 0.05) is 11.5 Å². The summed E-state index contributed by atoms with van der Waals surface area (Å²) in [6, 6.07) is 14.4. The standard InChI is InChI=1S/C19H17N3O/c23-19(21-17-9-8-14-3-1-2-4-16(14)17)10-6-13-5-7-15-12-20-22-18(15)11-13/h1-7,10-12,17H,8-9H2,(H,20,22)(H,21,23)/b10-6+/t17-/m1/s1. The molecule has 2 N–H and O–H groups in total. The molecule has 0 saturated carbocycles. The van der Waals surface area contributed by atoms with Gasteiger partial charge < -0.3 is 5.32 Å². The van der Waals surface area contributed by atoms with Crippen molar-refractivity contribution in [2.45, 2.75) is 18.9 Å². The second-order valence-electron chi connectivity index (χ2n) is 5.85. The highest BCUT2D eigenvalue weighted by molar-refractivity contribution is 5.92. The van der Waals surface area contributed by atoms with Gasteiger partial charge in [0.15, 0.2) is 0 Å². The summed E-state index contributed by atoms with van der Waals surface area (Å²) in [6.45, 7) is 0. The number of rotatable bonds is 3. The van der Waals surface area contributed by atoms with Crippen molar-refractivity contribution >= 4 is 22.9 Å². The van der Waals surface area contributed by atoms with Crippen LogP contribution in [0.3, 0.4) is 0 Å². The minimum absolute atomic E-state index is 0.0589. The molecule has 1 aliphatic rings. The highest BCUT2D eigenvalue weighted by Gasteiger charge is 2.22. The third kappa shape index (κ3) is 2.75. The number of carbonyl (C=O) groups is 1. The SMILES string of the molecule is O=C(/C=C/c1ccc2cn[nH]c2c1)N[C@@H]1CCc2ccccc21. The molecule has 1 amide bonds. The number of aromatic amines is 1. The van der Waals surface area contributed by atoms with Crippen LogP contribution in [0.15, 0.2) is 54.7 Å². The van der Waals surface area contributed by atoms with E-state index in [2.05, 4.69) is 33.7 Å². The van der Waals surface area contributed by atoms with Crippen LogP contribution in [0.5, 0.6) is 0 Å². The van der Waals surface area contributed by atoms with Gasteiger partial charge in [-0.05, 0) is 41.7 Å². The Morgan fingerprint density at radius 3 is 3.13 bits per heavy atom. The van der Waals surface area contributed by atoms with Crippen molar-refractivity contribution in [3.05, 3.63) is 71.4 Å². The number of benzene rings is 2. The van der Waals surface area contributed by atoms with E-state index in [9.17, 15) is 4.79 Å². The third-order valence-electron chi connectivity index (χ3n) is 4.34. The highest BCUT2D eigenvalue weighted by atomic mass is 16.1. The molecule has 0 saturated heterocycles. The van der Waals surface area contributed by atoms with Crippen molar-refractivity contribution in [2.24, 2.45) is 0 Å². The Hall–Kier alpha value is -2.88. The Bertz CT molecular complexity index is 894. The molecule has 0 bridgehead atoms. The molecule has 23 heavy (non-hydrogen) atoms. The molecule has 1 atom stereocenters. The van der Waals surface area contributed by atoms with E-state index < -0.39 is 0 Å². The van der Waals surface area contributed by atoms with Crippen molar-refractivity contribution < 1.29 is 4.79 Å². The lowest BCUT2D eigenvalue weighted by Gasteiger charge is -2.12. The van der Waals surface area contributed by atoms with Gasteiger partial charge in [-0.2, -0.15) is 5.10 Å². The number of nitrogens with zero attached hydrogens (tertiary/aromatic N) is 1. The van der Waals surface area contributed by atoms with E-state index >= 15 is 0 Å². The van der Waals surface area contributed by atoms with E-state index in [4.69, 9.17) is 0 Å². The van der Waals surface area contributed by atoms with Crippen LogP contribution in [0.4, 0.5) is 0 Å². The van der Waals surface area contributed by atoms with Crippen molar-refractivity contribution in [2.75, 3.05) is 0 Å². The second-order valence-corrected chi connectivity index (χ2v) is 5.85. The lowest BCUT2D eigenvalue weighted by molar-refractivity contribution is -0.117. The summed E-state index contributed by atoms with van der Waals surface area (Å²) >= 11 is 0. The zero-order valence-electron chi connectivity index (χ0n) is 12.6. The number of aromatic nitrogens is 2. The molecule has 1 aliphatic carbocycles. The molecule has 0 fully saturated rings. The minimum atomic E-state index is -0.0589. The van der Waals surface area contributed by atoms with Crippen LogP contribution in [0, 0.1) is 0 Å². The molecule has 4 rings (SSSR count). The maximum atomic E-state index is 12.2. The summed E-state index contributed by atoms with van der Waals surface area (Å²) in [5, 5.41) is 11.1. The number of hydrogen-bond acceptors (Lipinski definition) is 2. The van der Waals surface area contributed by atoms with Crippen molar-refractivity contribution in [1.82, 2.24) is 15.5 Å². The summed E-state index contributed by atoms with van der Waals surface area (Å²) < 4.78 is 0. The fourth-order valence-electron chi connectivity index (χ4n) is 3.16. The molecule has 0 unspecified atom stereocenters. The average Bonchev–Trinajstić information content (AvgIpc) is 3.20. The van der Waals surface area contributed by atoms with Crippen molar-refractivity contribution in [1.29, 1.82) is 0 Å². The van der Waals surface area contributed by atoms with Crippen molar-refractivity contribution in [3.63, 3.8) is 0 Å². The van der Waals surface area contributed by atoms with E-state index in [0.29, 0.717) is 0 Å². The molecule has 0 radical (unpaired) electrons. The fourth-order valence-corrected chi connectivity index (χ4v) is 3.16. The summed E-state index contributed by atoms with van der Waals surface area (Å²) in [5.74, 6) is -0.0589. The smallest absolute Gasteiger partial charge is 0.244 e. The Morgan fingerprint density at radius 2 is 2.17 bits per heavy atom. The van der Waals surface area contributed by atoms with Crippen LogP contribution < -0.4 is 5.32 Å². The van der Waals surface area contributed by atoms with E-state index in [0.717, 1.165) is 29.3 Å². The maximum absolute atomic E-state index is 12.2. The number of hydrogen-bond donors (Lipinski definition) is 2. The number of aryl methyl sites for hydroxylation is 1. The number of H-pyrrole nitrogens is 1. The van der Waals surface area contributed by atoms with E-state index in [-0.39, 0.29) is 11.9 Å². The topological polar surface area (TPSA) is 57.8 Å². The highest BCUT2D eigenvalue weighted by Crippen LogP contribution is 2.30. The fraction of sp³-hybridized carbons (Fsp3) is 0.158. The minimum Gasteiger partial charge on any atom is -0.346 e. The molecule has 2 aromatic carbocycles. The van der Waals surface area contributed by atoms with Crippen LogP contribution in [-0.4, -0.2) is 16.1 Å². The molecule has 0 aliphatic heterocycles. The molecule has 0 spiro atoms. The van der Waals surface area contributed by atoms with Gasteiger partial charge >= 0.3 is 0 Å². The van der Waals surface area contributed by atoms with Gasteiger partial charge in [0.1, 0.15) is 0 Å². The van der Waals surface area contributed by atoms with E-state index in [1.54, 1.807) is 12.3 Å². The van der Waals surface area contributed by atoms with Gasteiger partial charge in [0.05, 0.1) is 17.8 Å².